The average molecular weight is 364 g/mol. The lowest BCUT2D eigenvalue weighted by Gasteiger charge is -2.21. The Morgan fingerprint density at radius 3 is 2.64 bits per heavy atom. The smallest absolute Gasteiger partial charge is 0.262 e. The fourth-order valence-corrected chi connectivity index (χ4v) is 4.46. The minimum absolute atomic E-state index is 0.0794. The molecule has 25 heavy (non-hydrogen) atoms. The predicted octanol–water partition coefficient (Wildman–Crippen LogP) is 0.377. The second-order valence-corrected chi connectivity index (χ2v) is 7.71. The third-order valence-corrected chi connectivity index (χ3v) is 5.83. The largest absolute Gasteiger partial charge is 0.489 e. The number of nitrogens with one attached hydrogen (secondary N) is 1. The maximum Gasteiger partial charge on any atom is 0.262 e. The number of amides is 1. The highest BCUT2D eigenvalue weighted by atomic mass is 32.2. The molecular formula is C16H20N4O4S. The van der Waals surface area contributed by atoms with Crippen LogP contribution in [0.3, 0.4) is 0 Å². The Hall–Kier alpha value is -2.39. The van der Waals surface area contributed by atoms with Crippen LogP contribution in [0.4, 0.5) is 0 Å². The number of carbonyl (C=O) groups excluding carboxylic acids is 1. The van der Waals surface area contributed by atoms with Gasteiger partial charge in [0.2, 0.25) is 5.91 Å². The molecule has 1 fully saturated rings. The van der Waals surface area contributed by atoms with E-state index < -0.39 is 22.2 Å². The van der Waals surface area contributed by atoms with Gasteiger partial charge in [0.1, 0.15) is 17.9 Å². The van der Waals surface area contributed by atoms with Gasteiger partial charge in [0, 0.05) is 26.7 Å². The molecule has 0 radical (unpaired) electrons. The number of likely N-dealkylation sites (N-methyl/N-ethyl adjacent to an activating group) is 1. The Morgan fingerprint density at radius 1 is 1.32 bits per heavy atom. The molecule has 1 amide bonds. The molecule has 0 bridgehead atoms. The summed E-state index contributed by atoms with van der Waals surface area (Å²) in [6.45, 7) is 0.0892. The molecular weight excluding hydrogens is 344 g/mol. The minimum Gasteiger partial charge on any atom is -0.489 e. The number of hydrogen-bond donors (Lipinski definition) is 1. The Morgan fingerprint density at radius 2 is 2.04 bits per heavy atom. The summed E-state index contributed by atoms with van der Waals surface area (Å²) < 4.78 is 34.4. The standard InChI is InChI=1S/C16H20N4O4S/c1-17-16(21)14-8-13(24-12-6-4-3-5-7-12)9-20(14)25(22,23)15-10-19(2)11-18-15/h3-7,10-11,13-14H,8-9H2,1-2H3,(H,17,21)/t13-,14+/m0/s1. The fourth-order valence-electron chi connectivity index (χ4n) is 2.86. The number of nitrogens with zero attached hydrogens (tertiary/aromatic N) is 3. The van der Waals surface area contributed by atoms with E-state index in [9.17, 15) is 13.2 Å². The van der Waals surface area contributed by atoms with Crippen LogP contribution in [0, 0.1) is 0 Å². The van der Waals surface area contributed by atoms with Crippen LogP contribution in [0.15, 0.2) is 47.9 Å². The summed E-state index contributed by atoms with van der Waals surface area (Å²) in [5, 5.41) is 2.44. The van der Waals surface area contributed by atoms with Crippen molar-refractivity contribution in [2.24, 2.45) is 7.05 Å². The molecule has 0 saturated carbocycles. The molecule has 0 aliphatic carbocycles. The highest BCUT2D eigenvalue weighted by molar-refractivity contribution is 7.89. The first-order chi connectivity index (χ1) is 11.9. The SMILES string of the molecule is CNC(=O)[C@H]1C[C@H](Oc2ccccc2)CN1S(=O)(=O)c1cn(C)cn1. The van der Waals surface area contributed by atoms with Gasteiger partial charge in [0.15, 0.2) is 5.03 Å². The number of carbonyl (C=O) groups is 1. The summed E-state index contributed by atoms with van der Waals surface area (Å²) in [4.78, 5) is 16.1. The summed E-state index contributed by atoms with van der Waals surface area (Å²) in [7, 11) is -0.713. The molecule has 2 heterocycles. The summed E-state index contributed by atoms with van der Waals surface area (Å²) in [6.07, 6.45) is 2.70. The summed E-state index contributed by atoms with van der Waals surface area (Å²) >= 11 is 0. The van der Waals surface area contributed by atoms with Crippen LogP contribution < -0.4 is 10.1 Å². The highest BCUT2D eigenvalue weighted by Crippen LogP contribution is 2.28. The summed E-state index contributed by atoms with van der Waals surface area (Å²) in [5.41, 5.74) is 0. The van der Waals surface area contributed by atoms with Gasteiger partial charge in [-0.15, -0.1) is 0 Å². The second kappa shape index (κ2) is 6.85. The number of benzene rings is 1. The fraction of sp³-hybridized carbons (Fsp3) is 0.375. The van der Waals surface area contributed by atoms with Gasteiger partial charge in [-0.25, -0.2) is 13.4 Å². The van der Waals surface area contributed by atoms with Crippen LogP contribution in [0.5, 0.6) is 5.75 Å². The molecule has 0 unspecified atom stereocenters. The van der Waals surface area contributed by atoms with E-state index in [0.717, 1.165) is 0 Å². The summed E-state index contributed by atoms with van der Waals surface area (Å²) in [6, 6.07) is 8.31. The maximum atomic E-state index is 12.9. The lowest BCUT2D eigenvalue weighted by atomic mass is 10.2. The minimum atomic E-state index is -3.89. The molecule has 2 atom stereocenters. The van der Waals surface area contributed by atoms with Crippen molar-refractivity contribution in [2.75, 3.05) is 13.6 Å². The van der Waals surface area contributed by atoms with Crippen molar-refractivity contribution in [1.29, 1.82) is 0 Å². The average Bonchev–Trinajstić information content (AvgIpc) is 3.22. The third kappa shape index (κ3) is 3.52. The van der Waals surface area contributed by atoms with Crippen molar-refractivity contribution in [2.45, 2.75) is 23.6 Å². The lowest BCUT2D eigenvalue weighted by molar-refractivity contribution is -0.123. The predicted molar refractivity (Wildman–Crippen MR) is 90.4 cm³/mol. The van der Waals surface area contributed by atoms with Crippen molar-refractivity contribution in [1.82, 2.24) is 19.2 Å². The lowest BCUT2D eigenvalue weighted by Crippen LogP contribution is -2.44. The zero-order valence-corrected chi connectivity index (χ0v) is 14.8. The van der Waals surface area contributed by atoms with Crippen LogP contribution in [0.2, 0.25) is 0 Å². The Balaban J connectivity index is 1.86. The number of sulfonamides is 1. The van der Waals surface area contributed by atoms with Gasteiger partial charge < -0.3 is 14.6 Å². The van der Waals surface area contributed by atoms with Gasteiger partial charge in [-0.3, -0.25) is 4.79 Å². The van der Waals surface area contributed by atoms with E-state index >= 15 is 0 Å². The zero-order chi connectivity index (χ0) is 18.0. The van der Waals surface area contributed by atoms with Crippen molar-refractivity contribution >= 4 is 15.9 Å². The van der Waals surface area contributed by atoms with E-state index in [2.05, 4.69) is 10.3 Å². The quantitative estimate of drug-likeness (QED) is 0.828. The van der Waals surface area contributed by atoms with Gasteiger partial charge >= 0.3 is 0 Å². The first-order valence-corrected chi connectivity index (χ1v) is 9.29. The molecule has 1 aliphatic rings. The van der Waals surface area contributed by atoms with Crippen molar-refractivity contribution in [3.63, 3.8) is 0 Å². The van der Waals surface area contributed by atoms with Crippen LogP contribution in [-0.2, 0) is 21.9 Å². The molecule has 2 aromatic rings. The molecule has 9 heteroatoms. The van der Waals surface area contributed by atoms with Crippen molar-refractivity contribution in [3.8, 4) is 5.75 Å². The third-order valence-electron chi connectivity index (χ3n) is 4.07. The van der Waals surface area contributed by atoms with E-state index in [-0.39, 0.29) is 23.9 Å². The van der Waals surface area contributed by atoms with Gasteiger partial charge in [-0.05, 0) is 12.1 Å². The molecule has 0 spiro atoms. The first-order valence-electron chi connectivity index (χ1n) is 7.85. The van der Waals surface area contributed by atoms with E-state index in [1.807, 2.05) is 18.2 Å². The van der Waals surface area contributed by atoms with E-state index in [1.54, 1.807) is 23.7 Å². The molecule has 1 aliphatic heterocycles. The van der Waals surface area contributed by atoms with Crippen LogP contribution in [0.25, 0.3) is 0 Å². The van der Waals surface area contributed by atoms with Crippen LogP contribution in [-0.4, -0.2) is 53.9 Å². The van der Waals surface area contributed by atoms with E-state index in [1.165, 1.54) is 23.9 Å². The van der Waals surface area contributed by atoms with Gasteiger partial charge in [0.05, 0.1) is 12.9 Å². The number of aromatic nitrogens is 2. The van der Waals surface area contributed by atoms with E-state index in [0.29, 0.717) is 5.75 Å². The molecule has 1 aromatic carbocycles. The molecule has 1 saturated heterocycles. The molecule has 3 rings (SSSR count). The van der Waals surface area contributed by atoms with Crippen LogP contribution in [0.1, 0.15) is 6.42 Å². The molecule has 1 aromatic heterocycles. The highest BCUT2D eigenvalue weighted by Gasteiger charge is 2.45. The van der Waals surface area contributed by atoms with Crippen molar-refractivity contribution < 1.29 is 17.9 Å². The molecule has 1 N–H and O–H groups in total. The normalized spacial score (nSPS) is 21.2. The Kier molecular flexibility index (Phi) is 4.78. The van der Waals surface area contributed by atoms with Gasteiger partial charge in [-0.1, -0.05) is 18.2 Å². The Bertz CT molecular complexity index is 850. The first kappa shape index (κ1) is 17.4. The monoisotopic (exact) mass is 364 g/mol. The van der Waals surface area contributed by atoms with Crippen LogP contribution >= 0.6 is 0 Å². The molecule has 8 nitrogen and oxygen atoms in total. The maximum absolute atomic E-state index is 12.9. The number of imidazole rings is 1. The number of aryl methyl sites for hydroxylation is 1. The van der Waals surface area contributed by atoms with Gasteiger partial charge in [0.25, 0.3) is 10.0 Å². The number of para-hydroxylation sites is 1. The number of rotatable bonds is 5. The summed E-state index contributed by atoms with van der Waals surface area (Å²) in [5.74, 6) is 0.277. The Labute approximate surface area is 146 Å². The van der Waals surface area contributed by atoms with Gasteiger partial charge in [-0.2, -0.15) is 4.31 Å². The zero-order valence-electron chi connectivity index (χ0n) is 14.0. The van der Waals surface area contributed by atoms with E-state index in [4.69, 9.17) is 4.74 Å². The second-order valence-electron chi connectivity index (χ2n) is 5.87. The molecule has 134 valence electrons. The van der Waals surface area contributed by atoms with Crippen molar-refractivity contribution in [3.05, 3.63) is 42.9 Å². The topological polar surface area (TPSA) is 93.5 Å². The number of hydrogen-bond acceptors (Lipinski definition) is 5. The number of ether oxygens (including phenoxy) is 1.